The summed E-state index contributed by atoms with van der Waals surface area (Å²) in [6.45, 7) is 7.04. The van der Waals surface area contributed by atoms with Crippen LogP contribution in [0.5, 0.6) is 0 Å². The SMILES string of the molecule is CCCCCCOC(=O)[C@@H]1CC2=CC(=O)C=CC2(C)C2=C1C1=CC[C@@]3(C)CCC(=O)C13CC2. The van der Waals surface area contributed by atoms with Gasteiger partial charge >= 0.3 is 5.97 Å². The second-order valence-corrected chi connectivity index (χ2v) is 11.2. The Kier molecular flexibility index (Phi) is 5.42. The molecule has 4 atom stereocenters. The van der Waals surface area contributed by atoms with Crippen molar-refractivity contribution in [3.63, 3.8) is 0 Å². The van der Waals surface area contributed by atoms with Crippen molar-refractivity contribution in [1.29, 1.82) is 0 Å². The molecule has 0 bridgehead atoms. The number of ketones is 2. The zero-order valence-electron chi connectivity index (χ0n) is 20.3. The largest absolute Gasteiger partial charge is 0.465 e. The maximum atomic E-state index is 13.5. The maximum Gasteiger partial charge on any atom is 0.313 e. The first kappa shape index (κ1) is 22.6. The standard InChI is InChI=1S/C29H36O4/c1-4-5-6-7-16-33-26(32)21-18-19-17-20(30)8-14-28(19,3)22-10-15-29-23(25(21)22)9-12-27(29,2)13-11-24(29)31/h8-9,14,17,21H,4-7,10-13,15-16,18H2,1-3H3/t21-,27+,28?,29?/m1/s1. The Morgan fingerprint density at radius 1 is 1.12 bits per heavy atom. The van der Waals surface area contributed by atoms with E-state index in [1.165, 1.54) is 5.57 Å². The Morgan fingerprint density at radius 3 is 2.73 bits per heavy atom. The fourth-order valence-electron chi connectivity index (χ4n) is 7.49. The first-order valence-electron chi connectivity index (χ1n) is 12.9. The number of carbonyl (C=O) groups is 3. The number of allylic oxidation sites excluding steroid dienone is 7. The molecule has 2 unspecified atom stereocenters. The number of Topliss-reactive ketones (excluding diaryl/α,β-unsaturated/α-hetero) is 1. The molecule has 4 heteroatoms. The summed E-state index contributed by atoms with van der Waals surface area (Å²) in [6, 6.07) is 0. The highest BCUT2D eigenvalue weighted by Gasteiger charge is 2.65. The molecule has 5 aliphatic rings. The van der Waals surface area contributed by atoms with E-state index < -0.39 is 11.3 Å². The number of ether oxygens (including phenoxy) is 1. The van der Waals surface area contributed by atoms with Gasteiger partial charge in [0.15, 0.2) is 5.78 Å². The van der Waals surface area contributed by atoms with Gasteiger partial charge in [0.05, 0.1) is 17.9 Å². The highest BCUT2D eigenvalue weighted by molar-refractivity contribution is 6.02. The van der Waals surface area contributed by atoms with Crippen LogP contribution in [0.15, 0.2) is 46.6 Å². The average molecular weight is 449 g/mol. The molecule has 0 radical (unpaired) electrons. The fraction of sp³-hybridized carbons (Fsp3) is 0.621. The molecule has 5 aliphatic carbocycles. The van der Waals surface area contributed by atoms with Gasteiger partial charge in [-0.15, -0.1) is 0 Å². The zero-order valence-corrected chi connectivity index (χ0v) is 20.3. The molecule has 0 aromatic rings. The fourth-order valence-corrected chi connectivity index (χ4v) is 7.49. The molecule has 176 valence electrons. The second-order valence-electron chi connectivity index (χ2n) is 11.2. The molecule has 0 aromatic heterocycles. The smallest absolute Gasteiger partial charge is 0.313 e. The van der Waals surface area contributed by atoms with Crippen LogP contribution in [0.25, 0.3) is 0 Å². The molecular formula is C29H36O4. The van der Waals surface area contributed by atoms with Crippen molar-refractivity contribution in [2.75, 3.05) is 6.61 Å². The molecule has 0 amide bonds. The Hall–Kier alpha value is -2.23. The monoisotopic (exact) mass is 448 g/mol. The third-order valence-corrected chi connectivity index (χ3v) is 9.48. The lowest BCUT2D eigenvalue weighted by Gasteiger charge is -2.51. The molecule has 0 N–H and O–H groups in total. The van der Waals surface area contributed by atoms with E-state index in [9.17, 15) is 14.4 Å². The maximum absolute atomic E-state index is 13.5. The third kappa shape index (κ3) is 3.12. The van der Waals surface area contributed by atoms with Gasteiger partial charge in [-0.1, -0.05) is 56.4 Å². The van der Waals surface area contributed by atoms with Crippen molar-refractivity contribution in [3.8, 4) is 0 Å². The molecule has 33 heavy (non-hydrogen) atoms. The molecular weight excluding hydrogens is 412 g/mol. The number of unbranched alkanes of at least 4 members (excludes halogenated alkanes) is 3. The van der Waals surface area contributed by atoms with E-state index in [1.54, 1.807) is 12.2 Å². The number of fused-ring (bicyclic) bond motifs is 3. The van der Waals surface area contributed by atoms with Crippen molar-refractivity contribution >= 4 is 17.5 Å². The molecule has 5 rings (SSSR count). The van der Waals surface area contributed by atoms with Gasteiger partial charge in [0.1, 0.15) is 5.78 Å². The summed E-state index contributed by atoms with van der Waals surface area (Å²) >= 11 is 0. The van der Waals surface area contributed by atoms with E-state index >= 15 is 0 Å². The van der Waals surface area contributed by atoms with Gasteiger partial charge in [0.25, 0.3) is 0 Å². The van der Waals surface area contributed by atoms with Crippen LogP contribution in [-0.2, 0) is 19.1 Å². The van der Waals surface area contributed by atoms with E-state index in [0.29, 0.717) is 25.2 Å². The number of esters is 1. The third-order valence-electron chi connectivity index (χ3n) is 9.48. The number of hydrogen-bond acceptors (Lipinski definition) is 4. The van der Waals surface area contributed by atoms with Gasteiger partial charge in [-0.05, 0) is 74.2 Å². The summed E-state index contributed by atoms with van der Waals surface area (Å²) in [5.74, 6) is -0.276. The van der Waals surface area contributed by atoms with Crippen molar-refractivity contribution in [2.24, 2.45) is 22.2 Å². The van der Waals surface area contributed by atoms with Crippen LogP contribution >= 0.6 is 0 Å². The van der Waals surface area contributed by atoms with Crippen LogP contribution in [0.2, 0.25) is 0 Å². The predicted octanol–water partition coefficient (Wildman–Crippen LogP) is 5.98. The number of rotatable bonds is 6. The highest BCUT2D eigenvalue weighted by atomic mass is 16.5. The van der Waals surface area contributed by atoms with E-state index in [1.807, 2.05) is 6.08 Å². The van der Waals surface area contributed by atoms with Crippen LogP contribution in [0.3, 0.4) is 0 Å². The predicted molar refractivity (Wildman–Crippen MR) is 127 cm³/mol. The van der Waals surface area contributed by atoms with Crippen molar-refractivity contribution < 1.29 is 19.1 Å². The van der Waals surface area contributed by atoms with Gasteiger partial charge in [-0.2, -0.15) is 0 Å². The summed E-state index contributed by atoms with van der Waals surface area (Å²) in [4.78, 5) is 39.1. The van der Waals surface area contributed by atoms with Crippen molar-refractivity contribution in [2.45, 2.75) is 85.0 Å². The summed E-state index contributed by atoms with van der Waals surface area (Å²) in [5, 5.41) is 0. The summed E-state index contributed by atoms with van der Waals surface area (Å²) in [6.07, 6.45) is 16.5. The molecule has 0 saturated heterocycles. The summed E-state index contributed by atoms with van der Waals surface area (Å²) in [7, 11) is 0. The van der Waals surface area contributed by atoms with Crippen LogP contribution in [0.1, 0.15) is 85.0 Å². The highest BCUT2D eigenvalue weighted by Crippen LogP contribution is 2.70. The Labute approximate surface area is 197 Å². The molecule has 1 saturated carbocycles. The van der Waals surface area contributed by atoms with Crippen molar-refractivity contribution in [3.05, 3.63) is 46.6 Å². The summed E-state index contributed by atoms with van der Waals surface area (Å²) < 4.78 is 5.81. The Bertz CT molecular complexity index is 1040. The molecule has 0 aliphatic heterocycles. The lowest BCUT2D eigenvalue weighted by molar-refractivity contribution is -0.147. The first-order chi connectivity index (χ1) is 15.8. The lowest BCUT2D eigenvalue weighted by Crippen LogP contribution is -2.46. The second kappa shape index (κ2) is 7.92. The zero-order chi connectivity index (χ0) is 23.4. The first-order valence-corrected chi connectivity index (χ1v) is 12.9. The lowest BCUT2D eigenvalue weighted by atomic mass is 9.51. The number of hydrogen-bond donors (Lipinski definition) is 0. The number of carbonyl (C=O) groups excluding carboxylic acids is 3. The molecule has 4 nitrogen and oxygen atoms in total. The van der Waals surface area contributed by atoms with E-state index in [-0.39, 0.29) is 22.6 Å². The Morgan fingerprint density at radius 2 is 1.94 bits per heavy atom. The minimum absolute atomic E-state index is 0.0101. The Balaban J connectivity index is 1.56. The molecule has 0 heterocycles. The minimum Gasteiger partial charge on any atom is -0.465 e. The van der Waals surface area contributed by atoms with Gasteiger partial charge in [0, 0.05) is 11.8 Å². The summed E-state index contributed by atoms with van der Waals surface area (Å²) in [5.41, 5.74) is 3.57. The van der Waals surface area contributed by atoms with Crippen LogP contribution in [0, 0.1) is 22.2 Å². The van der Waals surface area contributed by atoms with Gasteiger partial charge in [-0.25, -0.2) is 0 Å². The van der Waals surface area contributed by atoms with Crippen molar-refractivity contribution in [1.82, 2.24) is 0 Å². The molecule has 0 aromatic carbocycles. The topological polar surface area (TPSA) is 60.4 Å². The molecule has 1 spiro atoms. The van der Waals surface area contributed by atoms with E-state index in [2.05, 4.69) is 26.8 Å². The quantitative estimate of drug-likeness (QED) is 0.371. The van der Waals surface area contributed by atoms with Crippen LogP contribution in [-0.4, -0.2) is 24.1 Å². The van der Waals surface area contributed by atoms with E-state index in [0.717, 1.165) is 68.1 Å². The minimum atomic E-state index is -0.447. The van der Waals surface area contributed by atoms with E-state index in [4.69, 9.17) is 4.74 Å². The van der Waals surface area contributed by atoms with Gasteiger partial charge < -0.3 is 4.74 Å². The van der Waals surface area contributed by atoms with Gasteiger partial charge in [0.2, 0.25) is 0 Å². The van der Waals surface area contributed by atoms with Crippen LogP contribution in [0.4, 0.5) is 0 Å². The average Bonchev–Trinajstić information content (AvgIpc) is 3.23. The van der Waals surface area contributed by atoms with Gasteiger partial charge in [-0.3, -0.25) is 14.4 Å². The van der Waals surface area contributed by atoms with Crippen LogP contribution < -0.4 is 0 Å². The molecule has 1 fully saturated rings. The normalized spacial score (nSPS) is 36.6.